The molecule has 0 saturated heterocycles. The molecule has 2 N–H and O–H groups in total. The van der Waals surface area contributed by atoms with Crippen LogP contribution in [0, 0.1) is 0 Å². The number of carbonyl (C=O) groups excluding carboxylic acids is 1. The van der Waals surface area contributed by atoms with Crippen LogP contribution in [0.3, 0.4) is 0 Å². The van der Waals surface area contributed by atoms with Crippen molar-refractivity contribution in [3.8, 4) is 11.4 Å². The Morgan fingerprint density at radius 1 is 1.15 bits per heavy atom. The summed E-state index contributed by atoms with van der Waals surface area (Å²) in [6.07, 6.45) is 1.57. The second kappa shape index (κ2) is 8.77. The number of methoxy groups -OCH3 is 1. The van der Waals surface area contributed by atoms with Gasteiger partial charge >= 0.3 is 0 Å². The molecular formula is C19H20N4O3. The fourth-order valence-electron chi connectivity index (χ4n) is 2.32. The van der Waals surface area contributed by atoms with Gasteiger partial charge in [0.1, 0.15) is 17.3 Å². The van der Waals surface area contributed by atoms with Crippen LogP contribution in [0.2, 0.25) is 0 Å². The SMILES string of the molecule is COCCNc1cc(C(=O)NCc2ccco2)nc(-c2ccccc2)n1. The van der Waals surface area contributed by atoms with Crippen LogP contribution >= 0.6 is 0 Å². The van der Waals surface area contributed by atoms with E-state index >= 15 is 0 Å². The molecule has 2 aromatic heterocycles. The van der Waals surface area contributed by atoms with E-state index in [1.807, 2.05) is 30.3 Å². The Morgan fingerprint density at radius 2 is 2.00 bits per heavy atom. The van der Waals surface area contributed by atoms with Crippen LogP contribution in [0.25, 0.3) is 11.4 Å². The molecule has 2 heterocycles. The van der Waals surface area contributed by atoms with Crippen molar-refractivity contribution in [1.82, 2.24) is 15.3 Å². The minimum absolute atomic E-state index is 0.283. The van der Waals surface area contributed by atoms with Gasteiger partial charge < -0.3 is 19.8 Å². The number of benzene rings is 1. The van der Waals surface area contributed by atoms with Crippen molar-refractivity contribution >= 4 is 11.7 Å². The fraction of sp³-hybridized carbons (Fsp3) is 0.211. The van der Waals surface area contributed by atoms with Crippen LogP contribution < -0.4 is 10.6 Å². The van der Waals surface area contributed by atoms with Crippen molar-refractivity contribution in [2.45, 2.75) is 6.54 Å². The highest BCUT2D eigenvalue weighted by molar-refractivity contribution is 5.93. The first-order chi connectivity index (χ1) is 12.8. The molecule has 0 bridgehead atoms. The molecule has 134 valence electrons. The number of carbonyl (C=O) groups is 1. The number of furan rings is 1. The molecule has 0 unspecified atom stereocenters. The summed E-state index contributed by atoms with van der Waals surface area (Å²) in [5, 5.41) is 5.95. The van der Waals surface area contributed by atoms with Gasteiger partial charge in [0.05, 0.1) is 19.4 Å². The Morgan fingerprint density at radius 3 is 2.73 bits per heavy atom. The third-order valence-corrected chi connectivity index (χ3v) is 3.61. The molecular weight excluding hydrogens is 332 g/mol. The summed E-state index contributed by atoms with van der Waals surface area (Å²) in [7, 11) is 1.63. The van der Waals surface area contributed by atoms with Crippen molar-refractivity contribution in [3.05, 3.63) is 66.2 Å². The molecule has 0 aliphatic heterocycles. The number of nitrogens with one attached hydrogen (secondary N) is 2. The van der Waals surface area contributed by atoms with E-state index in [-0.39, 0.29) is 11.6 Å². The van der Waals surface area contributed by atoms with Gasteiger partial charge in [0.15, 0.2) is 5.82 Å². The monoisotopic (exact) mass is 352 g/mol. The van der Waals surface area contributed by atoms with Crippen molar-refractivity contribution in [2.24, 2.45) is 0 Å². The van der Waals surface area contributed by atoms with Gasteiger partial charge in [0, 0.05) is 25.3 Å². The zero-order valence-corrected chi connectivity index (χ0v) is 14.4. The second-order valence-electron chi connectivity index (χ2n) is 5.51. The van der Waals surface area contributed by atoms with Gasteiger partial charge in [-0.3, -0.25) is 4.79 Å². The Kier molecular flexibility index (Phi) is 5.95. The summed E-state index contributed by atoms with van der Waals surface area (Å²) in [5.74, 6) is 1.43. The molecule has 0 spiro atoms. The highest BCUT2D eigenvalue weighted by Crippen LogP contribution is 2.18. The van der Waals surface area contributed by atoms with Gasteiger partial charge in [0.25, 0.3) is 5.91 Å². The molecule has 1 aromatic carbocycles. The van der Waals surface area contributed by atoms with Crippen LogP contribution in [0.1, 0.15) is 16.2 Å². The van der Waals surface area contributed by atoms with Gasteiger partial charge in [0.2, 0.25) is 0 Å². The zero-order chi connectivity index (χ0) is 18.2. The van der Waals surface area contributed by atoms with E-state index in [1.54, 1.807) is 31.6 Å². The molecule has 1 amide bonds. The first kappa shape index (κ1) is 17.6. The lowest BCUT2D eigenvalue weighted by Gasteiger charge is -2.10. The van der Waals surface area contributed by atoms with E-state index in [1.165, 1.54) is 0 Å². The number of anilines is 1. The average Bonchev–Trinajstić information content (AvgIpc) is 3.20. The second-order valence-corrected chi connectivity index (χ2v) is 5.51. The van der Waals surface area contributed by atoms with Crippen molar-refractivity contribution < 1.29 is 13.9 Å². The maximum Gasteiger partial charge on any atom is 0.270 e. The smallest absolute Gasteiger partial charge is 0.270 e. The number of hydrogen-bond acceptors (Lipinski definition) is 6. The molecule has 0 radical (unpaired) electrons. The predicted octanol–water partition coefficient (Wildman–Crippen LogP) is 2.72. The molecule has 3 aromatic rings. The Labute approximate surface area is 151 Å². The molecule has 7 nitrogen and oxygen atoms in total. The van der Waals surface area contributed by atoms with Crippen molar-refractivity contribution in [3.63, 3.8) is 0 Å². The minimum Gasteiger partial charge on any atom is -0.467 e. The third kappa shape index (κ3) is 4.67. The van der Waals surface area contributed by atoms with E-state index in [0.29, 0.717) is 37.1 Å². The highest BCUT2D eigenvalue weighted by atomic mass is 16.5. The molecule has 7 heteroatoms. The lowest BCUT2D eigenvalue weighted by molar-refractivity contribution is 0.0943. The highest BCUT2D eigenvalue weighted by Gasteiger charge is 2.13. The molecule has 0 aliphatic rings. The van der Waals surface area contributed by atoms with Crippen molar-refractivity contribution in [1.29, 1.82) is 0 Å². The third-order valence-electron chi connectivity index (χ3n) is 3.61. The topological polar surface area (TPSA) is 89.3 Å². The van der Waals surface area contributed by atoms with Crippen LogP contribution in [-0.4, -0.2) is 36.1 Å². The van der Waals surface area contributed by atoms with Crippen molar-refractivity contribution in [2.75, 3.05) is 25.6 Å². The quantitative estimate of drug-likeness (QED) is 0.606. The lowest BCUT2D eigenvalue weighted by Crippen LogP contribution is -2.24. The summed E-state index contributed by atoms with van der Waals surface area (Å²) in [5.41, 5.74) is 1.12. The van der Waals surface area contributed by atoms with Crippen LogP contribution in [0.5, 0.6) is 0 Å². The molecule has 0 fully saturated rings. The maximum absolute atomic E-state index is 12.5. The van der Waals surface area contributed by atoms with E-state index in [2.05, 4.69) is 20.6 Å². The standard InChI is InChI=1S/C19H20N4O3/c1-25-11-9-20-17-12-16(19(24)21-13-15-8-5-10-26-15)22-18(23-17)14-6-3-2-4-7-14/h2-8,10,12H,9,11,13H2,1H3,(H,21,24)(H,20,22,23). The van der Waals surface area contributed by atoms with Crippen LogP contribution in [0.4, 0.5) is 5.82 Å². The lowest BCUT2D eigenvalue weighted by atomic mass is 10.2. The first-order valence-corrected chi connectivity index (χ1v) is 8.24. The van der Waals surface area contributed by atoms with E-state index < -0.39 is 0 Å². The average molecular weight is 352 g/mol. The maximum atomic E-state index is 12.5. The summed E-state index contributed by atoms with van der Waals surface area (Å²) < 4.78 is 10.3. The minimum atomic E-state index is -0.296. The zero-order valence-electron chi connectivity index (χ0n) is 14.4. The normalized spacial score (nSPS) is 10.5. The number of amides is 1. The number of nitrogens with zero attached hydrogens (tertiary/aromatic N) is 2. The Bertz CT molecular complexity index is 835. The van der Waals surface area contributed by atoms with Gasteiger partial charge in [-0.15, -0.1) is 0 Å². The van der Waals surface area contributed by atoms with E-state index in [0.717, 1.165) is 5.56 Å². The molecule has 26 heavy (non-hydrogen) atoms. The molecule has 3 rings (SSSR count). The number of ether oxygens (including phenoxy) is 1. The Hall–Kier alpha value is -3.19. The van der Waals surface area contributed by atoms with Gasteiger partial charge in [-0.1, -0.05) is 30.3 Å². The molecule has 0 saturated carbocycles. The van der Waals surface area contributed by atoms with E-state index in [9.17, 15) is 4.79 Å². The summed E-state index contributed by atoms with van der Waals surface area (Å²) in [6, 6.07) is 14.7. The molecule has 0 atom stereocenters. The largest absolute Gasteiger partial charge is 0.467 e. The van der Waals surface area contributed by atoms with E-state index in [4.69, 9.17) is 9.15 Å². The fourth-order valence-corrected chi connectivity index (χ4v) is 2.32. The van der Waals surface area contributed by atoms with Gasteiger partial charge in [-0.2, -0.15) is 0 Å². The van der Waals surface area contributed by atoms with Gasteiger partial charge in [-0.05, 0) is 12.1 Å². The van der Waals surface area contributed by atoms with Crippen LogP contribution in [-0.2, 0) is 11.3 Å². The van der Waals surface area contributed by atoms with Crippen LogP contribution in [0.15, 0.2) is 59.2 Å². The summed E-state index contributed by atoms with van der Waals surface area (Å²) in [4.78, 5) is 21.4. The number of aromatic nitrogens is 2. The van der Waals surface area contributed by atoms with Gasteiger partial charge in [-0.25, -0.2) is 9.97 Å². The number of hydrogen-bond donors (Lipinski definition) is 2. The predicted molar refractivity (Wildman–Crippen MR) is 97.7 cm³/mol. The number of rotatable bonds is 8. The summed E-state index contributed by atoms with van der Waals surface area (Å²) >= 11 is 0. The summed E-state index contributed by atoms with van der Waals surface area (Å²) in [6.45, 7) is 1.41. The first-order valence-electron chi connectivity index (χ1n) is 8.24. The molecule has 0 aliphatic carbocycles. The Balaban J connectivity index is 1.82.